The third kappa shape index (κ3) is 3.86. The van der Waals surface area contributed by atoms with Crippen molar-refractivity contribution in [2.75, 3.05) is 13.1 Å². The van der Waals surface area contributed by atoms with Gasteiger partial charge in [-0.1, -0.05) is 6.07 Å². The Morgan fingerprint density at radius 3 is 2.59 bits per heavy atom. The molecule has 0 saturated heterocycles. The first-order valence-corrected chi connectivity index (χ1v) is 5.65. The maximum Gasteiger partial charge on any atom is 0.311 e. The Bertz CT molecular complexity index is 375. The zero-order valence-corrected chi connectivity index (χ0v) is 10.1. The second-order valence-corrected chi connectivity index (χ2v) is 3.52. The van der Waals surface area contributed by atoms with E-state index >= 15 is 0 Å². The predicted molar refractivity (Wildman–Crippen MR) is 64.0 cm³/mol. The quantitative estimate of drug-likeness (QED) is 0.776. The molecular formula is C12H17N3O2. The molecule has 1 aromatic heterocycles. The number of nitrogens with one attached hydrogen (secondary N) is 1. The number of hydrogen-bond acceptors (Lipinski definition) is 3. The van der Waals surface area contributed by atoms with Crippen LogP contribution >= 0.6 is 0 Å². The molecular weight excluding hydrogens is 218 g/mol. The molecule has 0 bridgehead atoms. The van der Waals surface area contributed by atoms with Crippen LogP contribution in [0.3, 0.4) is 0 Å². The molecule has 0 fully saturated rings. The van der Waals surface area contributed by atoms with Crippen LogP contribution in [-0.4, -0.2) is 34.8 Å². The van der Waals surface area contributed by atoms with Gasteiger partial charge in [0, 0.05) is 32.0 Å². The third-order valence-electron chi connectivity index (χ3n) is 2.42. The van der Waals surface area contributed by atoms with Crippen molar-refractivity contribution < 1.29 is 9.59 Å². The van der Waals surface area contributed by atoms with Gasteiger partial charge in [0.15, 0.2) is 0 Å². The molecule has 1 rings (SSSR count). The summed E-state index contributed by atoms with van der Waals surface area (Å²) in [5, 5.41) is 2.58. The van der Waals surface area contributed by atoms with Crippen LogP contribution in [-0.2, 0) is 16.1 Å². The Balaban J connectivity index is 2.47. The van der Waals surface area contributed by atoms with Crippen molar-refractivity contribution in [1.29, 1.82) is 0 Å². The number of carbonyl (C=O) groups is 2. The molecule has 92 valence electrons. The molecule has 0 aliphatic heterocycles. The molecule has 0 unspecified atom stereocenters. The van der Waals surface area contributed by atoms with Crippen LogP contribution < -0.4 is 5.32 Å². The van der Waals surface area contributed by atoms with Gasteiger partial charge in [-0.15, -0.1) is 0 Å². The average molecular weight is 235 g/mol. The van der Waals surface area contributed by atoms with E-state index in [0.29, 0.717) is 19.6 Å². The first-order valence-electron chi connectivity index (χ1n) is 5.65. The SMILES string of the molecule is CCN(CC)C(=O)C(=O)NCc1cccnc1. The maximum absolute atomic E-state index is 11.6. The number of likely N-dealkylation sites (N-methyl/N-ethyl adjacent to an activating group) is 1. The van der Waals surface area contributed by atoms with Gasteiger partial charge in [0.2, 0.25) is 0 Å². The van der Waals surface area contributed by atoms with Crippen LogP contribution in [0.2, 0.25) is 0 Å². The van der Waals surface area contributed by atoms with Crippen LogP contribution in [0, 0.1) is 0 Å². The lowest BCUT2D eigenvalue weighted by atomic mass is 10.3. The number of rotatable bonds is 4. The van der Waals surface area contributed by atoms with E-state index in [1.807, 2.05) is 19.9 Å². The van der Waals surface area contributed by atoms with Crippen molar-refractivity contribution in [3.63, 3.8) is 0 Å². The van der Waals surface area contributed by atoms with Crippen molar-refractivity contribution >= 4 is 11.8 Å². The topological polar surface area (TPSA) is 62.3 Å². The molecule has 0 aromatic carbocycles. The summed E-state index contributed by atoms with van der Waals surface area (Å²) < 4.78 is 0. The molecule has 1 heterocycles. The van der Waals surface area contributed by atoms with E-state index in [4.69, 9.17) is 0 Å². The van der Waals surface area contributed by atoms with E-state index < -0.39 is 11.8 Å². The van der Waals surface area contributed by atoms with E-state index in [-0.39, 0.29) is 0 Å². The van der Waals surface area contributed by atoms with E-state index in [1.54, 1.807) is 18.5 Å². The minimum absolute atomic E-state index is 0.319. The lowest BCUT2D eigenvalue weighted by Gasteiger charge is -2.17. The Morgan fingerprint density at radius 2 is 2.06 bits per heavy atom. The molecule has 0 radical (unpaired) electrons. The molecule has 2 amide bonds. The maximum atomic E-state index is 11.6. The van der Waals surface area contributed by atoms with Crippen LogP contribution in [0.4, 0.5) is 0 Å². The summed E-state index contributed by atoms with van der Waals surface area (Å²) in [4.78, 5) is 28.6. The molecule has 0 aliphatic rings. The highest BCUT2D eigenvalue weighted by Crippen LogP contribution is 1.95. The fourth-order valence-electron chi connectivity index (χ4n) is 1.42. The standard InChI is InChI=1S/C12H17N3O2/c1-3-15(4-2)12(17)11(16)14-9-10-6-5-7-13-8-10/h5-8H,3-4,9H2,1-2H3,(H,14,16). The van der Waals surface area contributed by atoms with Gasteiger partial charge < -0.3 is 10.2 Å². The van der Waals surface area contributed by atoms with E-state index in [0.717, 1.165) is 5.56 Å². The van der Waals surface area contributed by atoms with E-state index in [1.165, 1.54) is 4.90 Å². The molecule has 0 atom stereocenters. The van der Waals surface area contributed by atoms with Crippen LogP contribution in [0.25, 0.3) is 0 Å². The first-order chi connectivity index (χ1) is 8.19. The minimum atomic E-state index is -0.572. The predicted octanol–water partition coefficient (Wildman–Crippen LogP) is 0.566. The Labute approximate surface area is 101 Å². The first kappa shape index (κ1) is 13.2. The molecule has 0 spiro atoms. The second kappa shape index (κ2) is 6.62. The van der Waals surface area contributed by atoms with Gasteiger partial charge in [0.05, 0.1) is 0 Å². The minimum Gasteiger partial charge on any atom is -0.344 e. The second-order valence-electron chi connectivity index (χ2n) is 3.52. The lowest BCUT2D eigenvalue weighted by molar-refractivity contribution is -0.145. The molecule has 0 saturated carbocycles. The number of pyridine rings is 1. The van der Waals surface area contributed by atoms with Crippen LogP contribution in [0.5, 0.6) is 0 Å². The van der Waals surface area contributed by atoms with Gasteiger partial charge in [0.25, 0.3) is 0 Å². The number of hydrogen-bond donors (Lipinski definition) is 1. The highest BCUT2D eigenvalue weighted by molar-refractivity contribution is 6.34. The van der Waals surface area contributed by atoms with Gasteiger partial charge in [-0.2, -0.15) is 0 Å². The summed E-state index contributed by atoms with van der Waals surface area (Å²) in [6.07, 6.45) is 3.31. The van der Waals surface area contributed by atoms with E-state index in [9.17, 15) is 9.59 Å². The summed E-state index contributed by atoms with van der Waals surface area (Å²) in [5.74, 6) is -1.06. The third-order valence-corrected chi connectivity index (χ3v) is 2.42. The van der Waals surface area contributed by atoms with Crippen molar-refractivity contribution in [1.82, 2.24) is 15.2 Å². The Hall–Kier alpha value is -1.91. The summed E-state index contributed by atoms with van der Waals surface area (Å²) >= 11 is 0. The van der Waals surface area contributed by atoms with Crippen molar-refractivity contribution in [3.05, 3.63) is 30.1 Å². The number of nitrogens with zero attached hydrogens (tertiary/aromatic N) is 2. The highest BCUT2D eigenvalue weighted by atomic mass is 16.2. The van der Waals surface area contributed by atoms with Gasteiger partial charge >= 0.3 is 11.8 Å². The highest BCUT2D eigenvalue weighted by Gasteiger charge is 2.18. The summed E-state index contributed by atoms with van der Waals surface area (Å²) in [6.45, 7) is 5.08. The zero-order chi connectivity index (χ0) is 12.7. The van der Waals surface area contributed by atoms with Gasteiger partial charge in [-0.3, -0.25) is 14.6 Å². The van der Waals surface area contributed by atoms with Crippen molar-refractivity contribution in [2.45, 2.75) is 20.4 Å². The Morgan fingerprint density at radius 1 is 1.35 bits per heavy atom. The lowest BCUT2D eigenvalue weighted by Crippen LogP contribution is -2.42. The van der Waals surface area contributed by atoms with Gasteiger partial charge in [-0.25, -0.2) is 0 Å². The molecule has 5 nitrogen and oxygen atoms in total. The fourth-order valence-corrected chi connectivity index (χ4v) is 1.42. The summed E-state index contributed by atoms with van der Waals surface area (Å²) in [7, 11) is 0. The van der Waals surface area contributed by atoms with Crippen LogP contribution in [0.15, 0.2) is 24.5 Å². The van der Waals surface area contributed by atoms with Gasteiger partial charge in [-0.05, 0) is 25.5 Å². The molecule has 5 heteroatoms. The average Bonchev–Trinajstić information content (AvgIpc) is 2.38. The molecule has 1 aromatic rings. The van der Waals surface area contributed by atoms with E-state index in [2.05, 4.69) is 10.3 Å². The molecule has 1 N–H and O–H groups in total. The van der Waals surface area contributed by atoms with Gasteiger partial charge in [0.1, 0.15) is 0 Å². The monoisotopic (exact) mass is 235 g/mol. The number of carbonyl (C=O) groups excluding carboxylic acids is 2. The van der Waals surface area contributed by atoms with Crippen LogP contribution in [0.1, 0.15) is 19.4 Å². The summed E-state index contributed by atoms with van der Waals surface area (Å²) in [5.41, 5.74) is 0.869. The fraction of sp³-hybridized carbons (Fsp3) is 0.417. The number of amides is 2. The molecule has 0 aliphatic carbocycles. The zero-order valence-electron chi connectivity index (χ0n) is 10.1. The summed E-state index contributed by atoms with van der Waals surface area (Å²) in [6, 6.07) is 3.63. The number of aromatic nitrogens is 1. The smallest absolute Gasteiger partial charge is 0.311 e. The molecule has 17 heavy (non-hydrogen) atoms. The van der Waals surface area contributed by atoms with Crippen molar-refractivity contribution in [2.24, 2.45) is 0 Å². The Kier molecular flexibility index (Phi) is 5.13. The van der Waals surface area contributed by atoms with Crippen molar-refractivity contribution in [3.8, 4) is 0 Å². The largest absolute Gasteiger partial charge is 0.344 e. The normalized spacial score (nSPS) is 9.76.